The van der Waals surface area contributed by atoms with Gasteiger partial charge in [-0.2, -0.15) is 0 Å². The number of fused-ring (bicyclic) bond motifs is 5. The molecule has 1 saturated carbocycles. The van der Waals surface area contributed by atoms with Gasteiger partial charge in [-0.3, -0.25) is 4.79 Å². The summed E-state index contributed by atoms with van der Waals surface area (Å²) in [6, 6.07) is 12.3. The molecule has 7 heteroatoms. The fraction of sp³-hybridized carbons (Fsp3) is 0.375. The highest BCUT2D eigenvalue weighted by Crippen LogP contribution is 2.62. The maximum absolute atomic E-state index is 13.8. The van der Waals surface area contributed by atoms with Gasteiger partial charge in [-0.15, -0.1) is 0 Å². The maximum atomic E-state index is 13.8. The Labute approximate surface area is 181 Å². The third-order valence-corrected chi connectivity index (χ3v) is 8.89. The molecule has 5 rings (SSSR count). The SMILES string of the molecule is COC(=O)[C@]12CCC[C@@]1(O)c1c(n(S(=O)(=O)c3ccc(C)cc3)c3ccc(C)cc13)C2. The quantitative estimate of drug-likeness (QED) is 0.631. The molecule has 2 aliphatic carbocycles. The fourth-order valence-corrected chi connectivity index (χ4v) is 7.21. The van der Waals surface area contributed by atoms with Crippen LogP contribution in [-0.2, 0) is 31.6 Å². The summed E-state index contributed by atoms with van der Waals surface area (Å²) < 4.78 is 34.0. The van der Waals surface area contributed by atoms with E-state index in [9.17, 15) is 18.3 Å². The zero-order valence-corrected chi connectivity index (χ0v) is 18.6. The normalized spacial score (nSPS) is 24.9. The Balaban J connectivity index is 1.86. The third kappa shape index (κ3) is 2.47. The molecule has 2 atom stereocenters. The number of aromatic nitrogens is 1. The van der Waals surface area contributed by atoms with Crippen LogP contribution in [0, 0.1) is 19.3 Å². The topological polar surface area (TPSA) is 85.6 Å². The Hall–Kier alpha value is -2.64. The van der Waals surface area contributed by atoms with Gasteiger partial charge in [0.25, 0.3) is 10.0 Å². The number of nitrogens with zero attached hydrogens (tertiary/aromatic N) is 1. The number of aryl methyl sites for hydroxylation is 2. The monoisotopic (exact) mass is 439 g/mol. The molecule has 31 heavy (non-hydrogen) atoms. The fourth-order valence-electron chi connectivity index (χ4n) is 5.66. The summed E-state index contributed by atoms with van der Waals surface area (Å²) in [5.41, 5.74) is 0.876. The Morgan fingerprint density at radius 2 is 1.74 bits per heavy atom. The summed E-state index contributed by atoms with van der Waals surface area (Å²) >= 11 is 0. The van der Waals surface area contributed by atoms with Gasteiger partial charge in [-0.25, -0.2) is 12.4 Å². The first-order chi connectivity index (χ1) is 14.7. The van der Waals surface area contributed by atoms with Crippen molar-refractivity contribution in [2.45, 2.75) is 50.0 Å². The van der Waals surface area contributed by atoms with Crippen LogP contribution in [0.4, 0.5) is 0 Å². The molecule has 0 bridgehead atoms. The number of hydrogen-bond donors (Lipinski definition) is 1. The van der Waals surface area contributed by atoms with Gasteiger partial charge in [0.1, 0.15) is 11.0 Å². The zero-order chi connectivity index (χ0) is 22.2. The van der Waals surface area contributed by atoms with E-state index in [4.69, 9.17) is 4.74 Å². The van der Waals surface area contributed by atoms with Crippen molar-refractivity contribution < 1.29 is 23.1 Å². The minimum absolute atomic E-state index is 0.129. The summed E-state index contributed by atoms with van der Waals surface area (Å²) in [6.45, 7) is 3.83. The van der Waals surface area contributed by atoms with Crippen LogP contribution in [0.15, 0.2) is 47.4 Å². The van der Waals surface area contributed by atoms with E-state index >= 15 is 0 Å². The molecule has 0 saturated heterocycles. The van der Waals surface area contributed by atoms with Gasteiger partial charge in [0.2, 0.25) is 0 Å². The molecule has 162 valence electrons. The Bertz CT molecular complexity index is 1340. The minimum Gasteiger partial charge on any atom is -0.468 e. The molecule has 0 spiro atoms. The van der Waals surface area contributed by atoms with Gasteiger partial charge in [0, 0.05) is 23.1 Å². The van der Waals surface area contributed by atoms with Crippen LogP contribution in [0.2, 0.25) is 0 Å². The van der Waals surface area contributed by atoms with Crippen LogP contribution < -0.4 is 0 Å². The van der Waals surface area contributed by atoms with E-state index in [0.29, 0.717) is 41.4 Å². The van der Waals surface area contributed by atoms with Gasteiger partial charge < -0.3 is 9.84 Å². The molecule has 2 aromatic carbocycles. The maximum Gasteiger partial charge on any atom is 0.315 e. The van der Waals surface area contributed by atoms with Gasteiger partial charge >= 0.3 is 5.97 Å². The Morgan fingerprint density at radius 1 is 1.06 bits per heavy atom. The molecule has 0 unspecified atom stereocenters. The van der Waals surface area contributed by atoms with Crippen molar-refractivity contribution in [1.82, 2.24) is 3.97 Å². The molecule has 6 nitrogen and oxygen atoms in total. The number of aliphatic hydroxyl groups is 1. The highest BCUT2D eigenvalue weighted by Gasteiger charge is 2.66. The highest BCUT2D eigenvalue weighted by molar-refractivity contribution is 7.90. The molecule has 0 aliphatic heterocycles. The first-order valence-electron chi connectivity index (χ1n) is 10.4. The molecule has 3 aromatic rings. The molecular formula is C24H25NO5S. The van der Waals surface area contributed by atoms with E-state index in [2.05, 4.69) is 0 Å². The van der Waals surface area contributed by atoms with Crippen molar-refractivity contribution in [2.75, 3.05) is 7.11 Å². The minimum atomic E-state index is -3.94. The van der Waals surface area contributed by atoms with Gasteiger partial charge in [-0.1, -0.05) is 29.3 Å². The smallest absolute Gasteiger partial charge is 0.315 e. The number of esters is 1. The molecule has 2 aliphatic rings. The van der Waals surface area contributed by atoms with Crippen LogP contribution in [0.1, 0.15) is 41.6 Å². The molecule has 1 heterocycles. The Kier molecular flexibility index (Phi) is 4.21. The van der Waals surface area contributed by atoms with Crippen LogP contribution in [0.25, 0.3) is 10.9 Å². The molecule has 1 N–H and O–H groups in total. The second-order valence-corrected chi connectivity index (χ2v) is 10.7. The van der Waals surface area contributed by atoms with Gasteiger partial charge in [0.15, 0.2) is 0 Å². The van der Waals surface area contributed by atoms with E-state index in [0.717, 1.165) is 11.1 Å². The van der Waals surface area contributed by atoms with E-state index in [-0.39, 0.29) is 11.3 Å². The molecule has 1 aromatic heterocycles. The van der Waals surface area contributed by atoms with Crippen LogP contribution in [0.3, 0.4) is 0 Å². The average Bonchev–Trinajstić information content (AvgIpc) is 3.30. The van der Waals surface area contributed by atoms with E-state index in [1.54, 1.807) is 30.3 Å². The lowest BCUT2D eigenvalue weighted by Crippen LogP contribution is -2.45. The second-order valence-electron chi connectivity index (χ2n) is 8.89. The predicted molar refractivity (Wildman–Crippen MR) is 116 cm³/mol. The second kappa shape index (κ2) is 6.43. The van der Waals surface area contributed by atoms with Crippen molar-refractivity contribution >= 4 is 26.9 Å². The summed E-state index contributed by atoms with van der Waals surface area (Å²) in [5.74, 6) is -0.483. The summed E-state index contributed by atoms with van der Waals surface area (Å²) in [6.07, 6.45) is 1.66. The lowest BCUT2D eigenvalue weighted by atomic mass is 9.74. The van der Waals surface area contributed by atoms with Crippen LogP contribution in [0.5, 0.6) is 0 Å². The zero-order valence-electron chi connectivity index (χ0n) is 17.8. The highest BCUT2D eigenvalue weighted by atomic mass is 32.2. The number of ether oxygens (including phenoxy) is 1. The Morgan fingerprint density at radius 3 is 2.42 bits per heavy atom. The molecule has 1 fully saturated rings. The van der Waals surface area contributed by atoms with E-state index in [1.807, 2.05) is 26.0 Å². The number of methoxy groups -OCH3 is 1. The van der Waals surface area contributed by atoms with Crippen molar-refractivity contribution in [3.05, 3.63) is 64.8 Å². The third-order valence-electron chi connectivity index (χ3n) is 7.13. The van der Waals surface area contributed by atoms with Crippen molar-refractivity contribution in [3.8, 4) is 0 Å². The lowest BCUT2D eigenvalue weighted by molar-refractivity contribution is -0.167. The lowest BCUT2D eigenvalue weighted by Gasteiger charge is -2.34. The number of carbonyl (C=O) groups excluding carboxylic acids is 1. The number of rotatable bonds is 3. The first kappa shape index (κ1) is 20.3. The summed E-state index contributed by atoms with van der Waals surface area (Å²) in [7, 11) is -2.62. The molecule has 0 radical (unpaired) electrons. The predicted octanol–water partition coefficient (Wildman–Crippen LogP) is 3.58. The van der Waals surface area contributed by atoms with Gasteiger partial charge in [0.05, 0.1) is 17.5 Å². The number of hydrogen-bond acceptors (Lipinski definition) is 5. The van der Waals surface area contributed by atoms with Crippen molar-refractivity contribution in [1.29, 1.82) is 0 Å². The van der Waals surface area contributed by atoms with E-state index in [1.165, 1.54) is 11.1 Å². The van der Waals surface area contributed by atoms with Gasteiger partial charge in [-0.05, 0) is 57.4 Å². The standard InChI is InChI=1S/C24H25NO5S/c1-15-5-8-17(9-6-15)31(28,29)25-19-10-7-16(2)13-18(19)21-20(25)14-23(22(26)30-3)11-4-12-24(21,23)27/h5-10,13,27H,4,11-12,14H2,1-3H3/t23-,24-/m1/s1. The molecule has 0 amide bonds. The summed E-state index contributed by atoms with van der Waals surface area (Å²) in [4.78, 5) is 13.1. The van der Waals surface area contributed by atoms with Crippen molar-refractivity contribution in [2.24, 2.45) is 5.41 Å². The van der Waals surface area contributed by atoms with Crippen LogP contribution in [-0.4, -0.2) is 30.6 Å². The molecular weight excluding hydrogens is 414 g/mol. The average molecular weight is 440 g/mol. The van der Waals surface area contributed by atoms with Crippen molar-refractivity contribution in [3.63, 3.8) is 0 Å². The summed E-state index contributed by atoms with van der Waals surface area (Å²) in [5, 5.41) is 12.6. The van der Waals surface area contributed by atoms with E-state index < -0.39 is 27.0 Å². The number of benzene rings is 2. The largest absolute Gasteiger partial charge is 0.468 e. The first-order valence-corrected chi connectivity index (χ1v) is 11.9. The van der Waals surface area contributed by atoms with Crippen LogP contribution >= 0.6 is 0 Å². The number of carbonyl (C=O) groups is 1.